The van der Waals surface area contributed by atoms with Gasteiger partial charge in [0.2, 0.25) is 5.82 Å². The Labute approximate surface area is 146 Å². The smallest absolute Gasteiger partial charge is 0.404 e. The van der Waals surface area contributed by atoms with Gasteiger partial charge in [-0.1, -0.05) is 18.2 Å². The summed E-state index contributed by atoms with van der Waals surface area (Å²) < 4.78 is 41.6. The molecule has 0 spiro atoms. The van der Waals surface area contributed by atoms with Crippen LogP contribution in [0.2, 0.25) is 0 Å². The van der Waals surface area contributed by atoms with E-state index in [9.17, 15) is 23.4 Å². The van der Waals surface area contributed by atoms with E-state index in [0.29, 0.717) is 12.8 Å². The van der Waals surface area contributed by atoms with Crippen LogP contribution < -0.4 is 15.8 Å². The van der Waals surface area contributed by atoms with Crippen LogP contribution in [0.25, 0.3) is 0 Å². The van der Waals surface area contributed by atoms with Crippen molar-refractivity contribution in [2.45, 2.75) is 25.2 Å². The summed E-state index contributed by atoms with van der Waals surface area (Å²) >= 11 is 0. The predicted octanol–water partition coefficient (Wildman–Crippen LogP) is 1.55. The topological polar surface area (TPSA) is 120 Å². The molecule has 1 aromatic heterocycles. The van der Waals surface area contributed by atoms with Crippen molar-refractivity contribution in [2.24, 2.45) is 0 Å². The van der Waals surface area contributed by atoms with Gasteiger partial charge in [-0.15, -0.1) is 0 Å². The van der Waals surface area contributed by atoms with Crippen LogP contribution in [0.5, 0.6) is 5.75 Å². The highest BCUT2D eigenvalue weighted by molar-refractivity contribution is 7.47. The first-order chi connectivity index (χ1) is 12.3. The van der Waals surface area contributed by atoms with Crippen LogP contribution in [0.4, 0.5) is 4.39 Å². The van der Waals surface area contributed by atoms with Gasteiger partial charge in [0, 0.05) is 0 Å². The largest absolute Gasteiger partial charge is 0.527 e. The lowest BCUT2D eigenvalue weighted by Gasteiger charge is -2.17. The van der Waals surface area contributed by atoms with Crippen molar-refractivity contribution >= 4 is 7.82 Å². The fourth-order valence-corrected chi connectivity index (χ4v) is 3.30. The van der Waals surface area contributed by atoms with Gasteiger partial charge >= 0.3 is 13.5 Å². The van der Waals surface area contributed by atoms with Crippen LogP contribution in [0.3, 0.4) is 0 Å². The van der Waals surface area contributed by atoms with Crippen LogP contribution in [0.1, 0.15) is 19.1 Å². The summed E-state index contributed by atoms with van der Waals surface area (Å²) in [4.78, 5) is 34.4. The quantitative estimate of drug-likeness (QED) is 0.723. The minimum Gasteiger partial charge on any atom is -0.404 e. The van der Waals surface area contributed by atoms with Gasteiger partial charge in [0.05, 0.1) is 18.9 Å². The molecule has 0 amide bonds. The summed E-state index contributed by atoms with van der Waals surface area (Å²) in [6, 6.07) is 8.02. The fraction of sp³-hybridized carbons (Fsp3) is 0.333. The third-order valence-corrected chi connectivity index (χ3v) is 4.62. The predicted molar refractivity (Wildman–Crippen MR) is 87.3 cm³/mol. The number of halogens is 1. The number of phosphoric ester groups is 1. The Morgan fingerprint density at radius 3 is 2.77 bits per heavy atom. The molecule has 2 aromatic rings. The molecule has 11 heteroatoms. The normalized spacial score (nSPS) is 22.1. The first kappa shape index (κ1) is 18.5. The second-order valence-corrected chi connectivity index (χ2v) is 6.98. The van der Waals surface area contributed by atoms with Gasteiger partial charge in [0.25, 0.3) is 5.56 Å². The number of aromatic nitrogens is 2. The average Bonchev–Trinajstić information content (AvgIpc) is 3.06. The zero-order chi connectivity index (χ0) is 18.7. The number of hydrogen-bond donors (Lipinski definition) is 2. The van der Waals surface area contributed by atoms with Crippen molar-refractivity contribution in [1.29, 1.82) is 0 Å². The van der Waals surface area contributed by atoms with E-state index in [-0.39, 0.29) is 12.4 Å². The highest BCUT2D eigenvalue weighted by Crippen LogP contribution is 2.44. The first-order valence-corrected chi connectivity index (χ1v) is 9.22. The second kappa shape index (κ2) is 7.55. The van der Waals surface area contributed by atoms with Gasteiger partial charge in [-0.3, -0.25) is 23.8 Å². The number of aromatic amines is 1. The van der Waals surface area contributed by atoms with Crippen molar-refractivity contribution in [3.8, 4) is 5.75 Å². The fourth-order valence-electron chi connectivity index (χ4n) is 2.51. The van der Waals surface area contributed by atoms with Gasteiger partial charge in [0.1, 0.15) is 12.0 Å². The number of phosphoric acid groups is 1. The van der Waals surface area contributed by atoms with E-state index < -0.39 is 37.2 Å². The van der Waals surface area contributed by atoms with Crippen LogP contribution in [0, 0.1) is 5.82 Å². The minimum absolute atomic E-state index is 0.179. The molecule has 3 atom stereocenters. The molecule has 0 saturated carbocycles. The van der Waals surface area contributed by atoms with Crippen molar-refractivity contribution < 1.29 is 27.6 Å². The van der Waals surface area contributed by atoms with E-state index >= 15 is 0 Å². The molecule has 9 nitrogen and oxygen atoms in total. The third-order valence-electron chi connectivity index (χ3n) is 3.71. The average molecular weight is 386 g/mol. The minimum atomic E-state index is -4.34. The Bertz CT molecular complexity index is 930. The lowest BCUT2D eigenvalue weighted by Crippen LogP contribution is -2.34. The standard InChI is InChI=1S/C15H16FN2O7P/c16-12-8-18(15(20)17-14(12)19)13-7-6-11(24-13)9-23-26(21,22)25-10-4-2-1-3-5-10/h1-5,8,11,13H,6-7,9H2,(H,21,22)(H,17,19,20)/t11-,13+/m0/s1. The Hall–Kier alpha value is -2.26. The number of nitrogens with one attached hydrogen (secondary N) is 1. The molecule has 0 bridgehead atoms. The lowest BCUT2D eigenvalue weighted by atomic mass is 10.2. The first-order valence-electron chi connectivity index (χ1n) is 7.72. The van der Waals surface area contributed by atoms with Crippen molar-refractivity contribution in [2.75, 3.05) is 6.61 Å². The highest BCUT2D eigenvalue weighted by atomic mass is 31.2. The van der Waals surface area contributed by atoms with E-state index in [4.69, 9.17) is 13.8 Å². The van der Waals surface area contributed by atoms with Gasteiger partial charge < -0.3 is 9.26 Å². The monoisotopic (exact) mass is 386 g/mol. The second-order valence-electron chi connectivity index (χ2n) is 5.60. The van der Waals surface area contributed by atoms with Crippen LogP contribution in [0.15, 0.2) is 46.1 Å². The van der Waals surface area contributed by atoms with Gasteiger partial charge in [-0.25, -0.2) is 9.36 Å². The van der Waals surface area contributed by atoms with Gasteiger partial charge in [-0.05, 0) is 25.0 Å². The summed E-state index contributed by atoms with van der Waals surface area (Å²) in [5.74, 6) is -0.928. The van der Waals surface area contributed by atoms with E-state index in [1.807, 2.05) is 4.98 Å². The molecule has 1 fully saturated rings. The van der Waals surface area contributed by atoms with E-state index in [1.165, 1.54) is 12.1 Å². The maximum Gasteiger partial charge on any atom is 0.527 e. The number of H-pyrrole nitrogens is 1. The zero-order valence-electron chi connectivity index (χ0n) is 13.4. The molecule has 3 rings (SSSR count). The summed E-state index contributed by atoms with van der Waals surface area (Å²) in [7, 11) is -4.34. The molecule has 0 aliphatic carbocycles. The third kappa shape index (κ3) is 4.47. The van der Waals surface area contributed by atoms with E-state index in [0.717, 1.165) is 10.8 Å². The number of para-hydroxylation sites is 1. The van der Waals surface area contributed by atoms with Gasteiger partial charge in [0.15, 0.2) is 0 Å². The van der Waals surface area contributed by atoms with Crippen molar-refractivity contribution in [3.05, 3.63) is 63.2 Å². The number of benzene rings is 1. The molecule has 1 unspecified atom stereocenters. The molecule has 1 aromatic carbocycles. The molecular formula is C15H16FN2O7P. The SMILES string of the molecule is O=c1[nH]c(=O)n([C@H]2CC[C@@H](COP(=O)(O)Oc3ccccc3)O2)cc1F. The molecule has 140 valence electrons. The maximum absolute atomic E-state index is 13.4. The van der Waals surface area contributed by atoms with Gasteiger partial charge in [-0.2, -0.15) is 4.39 Å². The summed E-state index contributed by atoms with van der Waals surface area (Å²) in [5.41, 5.74) is -1.91. The number of ether oxygens (including phenoxy) is 1. The van der Waals surface area contributed by atoms with Crippen molar-refractivity contribution in [1.82, 2.24) is 9.55 Å². The Morgan fingerprint density at radius 2 is 2.04 bits per heavy atom. The number of rotatable bonds is 6. The number of nitrogens with zero attached hydrogens (tertiary/aromatic N) is 1. The number of hydrogen-bond acceptors (Lipinski definition) is 6. The Morgan fingerprint density at radius 1 is 1.31 bits per heavy atom. The zero-order valence-corrected chi connectivity index (χ0v) is 14.3. The lowest BCUT2D eigenvalue weighted by molar-refractivity contribution is -0.0243. The summed E-state index contributed by atoms with van der Waals surface area (Å²) in [6.45, 7) is -0.252. The van der Waals surface area contributed by atoms with Crippen molar-refractivity contribution in [3.63, 3.8) is 0 Å². The Balaban J connectivity index is 1.58. The van der Waals surface area contributed by atoms with Crippen LogP contribution in [-0.2, 0) is 13.8 Å². The molecule has 1 aliphatic heterocycles. The molecule has 26 heavy (non-hydrogen) atoms. The van der Waals surface area contributed by atoms with E-state index in [1.54, 1.807) is 18.2 Å². The molecule has 1 saturated heterocycles. The molecular weight excluding hydrogens is 370 g/mol. The summed E-state index contributed by atoms with van der Waals surface area (Å²) in [6.07, 6.45) is 0.111. The Kier molecular flexibility index (Phi) is 5.38. The molecule has 0 radical (unpaired) electrons. The summed E-state index contributed by atoms with van der Waals surface area (Å²) in [5, 5.41) is 0. The highest BCUT2D eigenvalue weighted by Gasteiger charge is 2.31. The maximum atomic E-state index is 13.4. The van der Waals surface area contributed by atoms with Crippen LogP contribution >= 0.6 is 7.82 Å². The van der Waals surface area contributed by atoms with E-state index in [2.05, 4.69) is 0 Å². The molecule has 2 heterocycles. The molecule has 1 aliphatic rings. The van der Waals surface area contributed by atoms with Crippen LogP contribution in [-0.4, -0.2) is 27.2 Å². The molecule has 2 N–H and O–H groups in total.